The van der Waals surface area contributed by atoms with Crippen LogP contribution in [0.25, 0.3) is 22.2 Å². The summed E-state index contributed by atoms with van der Waals surface area (Å²) in [6.45, 7) is 0. The van der Waals surface area contributed by atoms with Gasteiger partial charge in [0.25, 0.3) is 5.56 Å². The summed E-state index contributed by atoms with van der Waals surface area (Å²) in [4.78, 5) is 30.2. The Balaban J connectivity index is 2.22. The molecule has 0 bridgehead atoms. The van der Waals surface area contributed by atoms with E-state index in [1.54, 1.807) is 7.05 Å². The van der Waals surface area contributed by atoms with Gasteiger partial charge in [0, 0.05) is 29.8 Å². The molecule has 2 aromatic heterocycles. The summed E-state index contributed by atoms with van der Waals surface area (Å²) in [5.41, 5.74) is 3.98. The molecule has 0 aliphatic heterocycles. The van der Waals surface area contributed by atoms with Gasteiger partial charge in [-0.2, -0.15) is 0 Å². The van der Waals surface area contributed by atoms with Crippen LogP contribution in [0.3, 0.4) is 0 Å². The van der Waals surface area contributed by atoms with Crippen molar-refractivity contribution >= 4 is 27.0 Å². The fourth-order valence-corrected chi connectivity index (χ4v) is 4.12. The molecule has 6 heteroatoms. The maximum Gasteiger partial charge on any atom is 0.332 e. The summed E-state index contributed by atoms with van der Waals surface area (Å²) in [6.07, 6.45) is 5.14. The molecule has 1 aliphatic rings. The van der Waals surface area contributed by atoms with E-state index in [-0.39, 0.29) is 11.2 Å². The Morgan fingerprint density at radius 1 is 0.962 bits per heavy atom. The van der Waals surface area contributed by atoms with Crippen molar-refractivity contribution in [1.82, 2.24) is 14.1 Å². The summed E-state index contributed by atoms with van der Waals surface area (Å²) in [5.74, 6) is 0. The van der Waals surface area contributed by atoms with Gasteiger partial charge in [-0.1, -0.05) is 34.5 Å². The fraction of sp³-hybridized carbons (Fsp3) is 0.350. The van der Waals surface area contributed by atoms with E-state index in [4.69, 9.17) is 4.98 Å². The first-order valence-electron chi connectivity index (χ1n) is 8.86. The van der Waals surface area contributed by atoms with Crippen LogP contribution in [0.2, 0.25) is 0 Å². The van der Waals surface area contributed by atoms with Crippen LogP contribution in [0.1, 0.15) is 30.5 Å². The Hall–Kier alpha value is -2.21. The minimum absolute atomic E-state index is 0.277. The predicted molar refractivity (Wildman–Crippen MR) is 107 cm³/mol. The minimum atomic E-state index is -0.342. The molecule has 0 saturated carbocycles. The number of halogens is 1. The second kappa shape index (κ2) is 6.50. The Morgan fingerprint density at radius 2 is 1.65 bits per heavy atom. The number of fused-ring (bicyclic) bond motifs is 2. The third-order valence-corrected chi connectivity index (χ3v) is 5.78. The van der Waals surface area contributed by atoms with Crippen LogP contribution in [-0.4, -0.2) is 14.1 Å². The molecule has 134 valence electrons. The first kappa shape index (κ1) is 17.2. The molecular weight excluding hydrogens is 394 g/mol. The second-order valence-electron chi connectivity index (χ2n) is 6.88. The maximum atomic E-state index is 13.0. The van der Waals surface area contributed by atoms with Crippen LogP contribution in [0.15, 0.2) is 38.3 Å². The molecule has 2 heterocycles. The van der Waals surface area contributed by atoms with Crippen LogP contribution in [0, 0.1) is 0 Å². The Kier molecular flexibility index (Phi) is 4.31. The van der Waals surface area contributed by atoms with E-state index in [0.29, 0.717) is 11.0 Å². The largest absolute Gasteiger partial charge is 0.332 e. The second-order valence-corrected chi connectivity index (χ2v) is 7.80. The van der Waals surface area contributed by atoms with E-state index < -0.39 is 0 Å². The van der Waals surface area contributed by atoms with Crippen molar-refractivity contribution in [1.29, 1.82) is 0 Å². The van der Waals surface area contributed by atoms with Crippen LogP contribution in [0.5, 0.6) is 0 Å². The molecule has 0 amide bonds. The zero-order chi connectivity index (χ0) is 18.4. The normalized spacial score (nSPS) is 14.3. The van der Waals surface area contributed by atoms with Crippen LogP contribution < -0.4 is 11.2 Å². The number of hydrogen-bond donors (Lipinski definition) is 0. The summed E-state index contributed by atoms with van der Waals surface area (Å²) in [7, 11) is 3.21. The topological polar surface area (TPSA) is 56.9 Å². The zero-order valence-electron chi connectivity index (χ0n) is 14.9. The highest BCUT2D eigenvalue weighted by Gasteiger charge is 2.23. The molecule has 1 aromatic carbocycles. The lowest BCUT2D eigenvalue weighted by molar-refractivity contribution is 0.701. The first-order valence-corrected chi connectivity index (χ1v) is 9.65. The van der Waals surface area contributed by atoms with Crippen molar-refractivity contribution in [3.8, 4) is 11.1 Å². The quantitative estimate of drug-likeness (QED) is 0.574. The van der Waals surface area contributed by atoms with Crippen molar-refractivity contribution in [3.63, 3.8) is 0 Å². The van der Waals surface area contributed by atoms with Crippen molar-refractivity contribution < 1.29 is 0 Å². The van der Waals surface area contributed by atoms with Crippen molar-refractivity contribution in [2.75, 3.05) is 0 Å². The van der Waals surface area contributed by atoms with Crippen molar-refractivity contribution in [2.24, 2.45) is 14.1 Å². The third-order valence-electron chi connectivity index (χ3n) is 5.25. The van der Waals surface area contributed by atoms with E-state index in [9.17, 15) is 9.59 Å². The highest BCUT2D eigenvalue weighted by Crippen LogP contribution is 2.34. The van der Waals surface area contributed by atoms with Gasteiger partial charge in [0.15, 0.2) is 0 Å². The lowest BCUT2D eigenvalue weighted by Crippen LogP contribution is -2.37. The van der Waals surface area contributed by atoms with Gasteiger partial charge in [-0.25, -0.2) is 9.78 Å². The molecule has 3 aromatic rings. The molecule has 0 N–H and O–H groups in total. The fourth-order valence-electron chi connectivity index (χ4n) is 3.86. The zero-order valence-corrected chi connectivity index (χ0v) is 16.5. The standard InChI is InChI=1S/C20H20BrN3O2/c1-23-18-17(19(25)24(2)20(23)26)16(12-8-10-13(21)11-9-12)14-6-4-3-5-7-15(14)22-18/h8-11H,3-7H2,1-2H3. The predicted octanol–water partition coefficient (Wildman–Crippen LogP) is 3.33. The monoisotopic (exact) mass is 413 g/mol. The van der Waals surface area contributed by atoms with Crippen molar-refractivity contribution in [3.05, 3.63) is 60.8 Å². The van der Waals surface area contributed by atoms with Gasteiger partial charge in [-0.3, -0.25) is 13.9 Å². The number of rotatable bonds is 1. The third kappa shape index (κ3) is 2.63. The van der Waals surface area contributed by atoms with Gasteiger partial charge in [0.05, 0.1) is 5.39 Å². The van der Waals surface area contributed by atoms with Gasteiger partial charge < -0.3 is 0 Å². The SMILES string of the molecule is Cn1c(=O)c2c(-c3ccc(Br)cc3)c3c(nc2n(C)c1=O)CCCCC3. The number of aromatic nitrogens is 3. The molecule has 0 radical (unpaired) electrons. The molecule has 0 fully saturated rings. The van der Waals surface area contributed by atoms with E-state index >= 15 is 0 Å². The Morgan fingerprint density at radius 3 is 2.38 bits per heavy atom. The number of hydrogen-bond acceptors (Lipinski definition) is 3. The Bertz CT molecular complexity index is 1130. The van der Waals surface area contributed by atoms with Gasteiger partial charge in [0.1, 0.15) is 5.65 Å². The van der Waals surface area contributed by atoms with Gasteiger partial charge in [0.2, 0.25) is 0 Å². The summed E-state index contributed by atoms with van der Waals surface area (Å²) in [5, 5.41) is 0.539. The molecule has 0 unspecified atom stereocenters. The molecule has 5 nitrogen and oxygen atoms in total. The van der Waals surface area contributed by atoms with E-state index in [1.807, 2.05) is 24.3 Å². The van der Waals surface area contributed by atoms with Crippen molar-refractivity contribution in [2.45, 2.75) is 32.1 Å². The summed E-state index contributed by atoms with van der Waals surface area (Å²) >= 11 is 3.48. The average molecular weight is 414 g/mol. The molecule has 0 spiro atoms. The molecule has 26 heavy (non-hydrogen) atoms. The number of pyridine rings is 1. The molecule has 1 aliphatic carbocycles. The first-order chi connectivity index (χ1) is 12.5. The molecule has 0 saturated heterocycles. The van der Waals surface area contributed by atoms with Crippen LogP contribution >= 0.6 is 15.9 Å². The summed E-state index contributed by atoms with van der Waals surface area (Å²) in [6, 6.07) is 8.01. The van der Waals surface area contributed by atoms with Gasteiger partial charge >= 0.3 is 5.69 Å². The molecule has 4 rings (SSSR count). The molecule has 0 atom stereocenters. The lowest BCUT2D eigenvalue weighted by atomic mass is 9.93. The highest BCUT2D eigenvalue weighted by atomic mass is 79.9. The van der Waals surface area contributed by atoms with E-state index in [0.717, 1.165) is 59.0 Å². The number of nitrogens with zero attached hydrogens (tertiary/aromatic N) is 3. The average Bonchev–Trinajstić information content (AvgIpc) is 2.89. The molecular formula is C20H20BrN3O2. The van der Waals surface area contributed by atoms with Gasteiger partial charge in [-0.05, 0) is 48.9 Å². The number of benzene rings is 1. The van der Waals surface area contributed by atoms with Gasteiger partial charge in [-0.15, -0.1) is 0 Å². The highest BCUT2D eigenvalue weighted by molar-refractivity contribution is 9.10. The van der Waals surface area contributed by atoms with E-state index in [1.165, 1.54) is 16.2 Å². The minimum Gasteiger partial charge on any atom is -0.280 e. The van der Waals surface area contributed by atoms with Crippen LogP contribution in [-0.2, 0) is 26.9 Å². The Labute approximate surface area is 159 Å². The summed E-state index contributed by atoms with van der Waals surface area (Å²) < 4.78 is 3.66. The van der Waals surface area contributed by atoms with Crippen LogP contribution in [0.4, 0.5) is 0 Å². The lowest BCUT2D eigenvalue weighted by Gasteiger charge is -2.17. The smallest absolute Gasteiger partial charge is 0.280 e. The number of aryl methyl sites for hydroxylation is 2. The maximum absolute atomic E-state index is 13.0. The van der Waals surface area contributed by atoms with E-state index in [2.05, 4.69) is 15.9 Å².